The minimum atomic E-state index is -0.374. The van der Waals surface area contributed by atoms with E-state index in [0.717, 1.165) is 56.8 Å². The van der Waals surface area contributed by atoms with Gasteiger partial charge in [0.05, 0.1) is 11.1 Å². The van der Waals surface area contributed by atoms with Crippen LogP contribution in [0.25, 0.3) is 22.4 Å². The van der Waals surface area contributed by atoms with Gasteiger partial charge in [0.25, 0.3) is 0 Å². The van der Waals surface area contributed by atoms with E-state index in [1.807, 2.05) is 56.8 Å². The number of aliphatic imine (C=N–C) groups is 1. The summed E-state index contributed by atoms with van der Waals surface area (Å²) < 4.78 is 0. The van der Waals surface area contributed by atoms with Gasteiger partial charge in [0.1, 0.15) is 0 Å². The zero-order chi connectivity index (χ0) is 40.3. The molecule has 0 saturated carbocycles. The number of rotatable bonds is 7. The fraction of sp³-hybridized carbons (Fsp3) is 0.182. The van der Waals surface area contributed by atoms with E-state index in [0.29, 0.717) is 5.92 Å². The van der Waals surface area contributed by atoms with E-state index in [1.165, 1.54) is 48.8 Å². The van der Waals surface area contributed by atoms with E-state index in [-0.39, 0.29) is 5.41 Å². The van der Waals surface area contributed by atoms with Crippen molar-refractivity contribution in [3.05, 3.63) is 213 Å². The van der Waals surface area contributed by atoms with Crippen molar-refractivity contribution in [1.29, 1.82) is 0 Å². The standard InChI is InChI=1S/C53H45NS.C2H6/c1-8-10-18-39(9-2)43-27-25-41(31-36(43)5)35(4)32-49(40-19-12-11-13-20-40)54-38(7)42-26-28-44-47(33-42)53(48-30-34(3)29-37(6)52(44)48)45-21-14-16-23-50(45)55-51-24-17-15-22-46(51)53;1-2/h2,8,10-29,31-34H,4,30H2,1,3,5-7H3;1-2H3/b10-8-,39-18+,49-32-,54-38?;. The van der Waals surface area contributed by atoms with Crippen molar-refractivity contribution in [3.63, 3.8) is 0 Å². The molecule has 0 amide bonds. The van der Waals surface area contributed by atoms with Crippen LogP contribution in [0.4, 0.5) is 0 Å². The van der Waals surface area contributed by atoms with Gasteiger partial charge < -0.3 is 0 Å². The molecular weight excluding hydrogens is 707 g/mol. The SMILES string of the molecule is C#C/C(=C\C=C/C)c1ccc(C(=C)/C=C(\N=C(C)c2ccc3c(c2)C2(C4=C3C(C)=CC(C)C4)c3ccccc3Sc3ccccc32)c2ccccc2)cc1C.CC. The number of benzene rings is 5. The highest BCUT2D eigenvalue weighted by atomic mass is 32.2. The van der Waals surface area contributed by atoms with Crippen molar-refractivity contribution >= 4 is 39.9 Å². The predicted octanol–water partition coefficient (Wildman–Crippen LogP) is 14.7. The largest absolute Gasteiger partial charge is 0.252 e. The normalized spacial score (nSPS) is 16.8. The monoisotopic (exact) mass is 757 g/mol. The van der Waals surface area contributed by atoms with Gasteiger partial charge in [-0.2, -0.15) is 0 Å². The third kappa shape index (κ3) is 7.07. The summed E-state index contributed by atoms with van der Waals surface area (Å²) in [4.78, 5) is 8.07. The van der Waals surface area contributed by atoms with Gasteiger partial charge in [0.2, 0.25) is 0 Å². The van der Waals surface area contributed by atoms with Gasteiger partial charge in [0, 0.05) is 26.6 Å². The van der Waals surface area contributed by atoms with Crippen LogP contribution in [0.1, 0.15) is 98.0 Å². The maximum atomic E-state index is 5.89. The number of aryl methyl sites for hydroxylation is 1. The Balaban J connectivity index is 0.00000244. The van der Waals surface area contributed by atoms with E-state index in [9.17, 15) is 0 Å². The van der Waals surface area contributed by atoms with Crippen molar-refractivity contribution in [3.8, 4) is 12.3 Å². The van der Waals surface area contributed by atoms with E-state index < -0.39 is 0 Å². The topological polar surface area (TPSA) is 12.4 Å². The zero-order valence-corrected chi connectivity index (χ0v) is 35.1. The van der Waals surface area contributed by atoms with Crippen molar-refractivity contribution in [1.82, 2.24) is 0 Å². The summed E-state index contributed by atoms with van der Waals surface area (Å²) in [6, 6.07) is 42.0. The van der Waals surface area contributed by atoms with Gasteiger partial charge in [-0.25, -0.2) is 0 Å². The highest BCUT2D eigenvalue weighted by molar-refractivity contribution is 7.99. The molecule has 0 bridgehead atoms. The minimum Gasteiger partial charge on any atom is -0.252 e. The molecule has 0 aromatic heterocycles. The summed E-state index contributed by atoms with van der Waals surface area (Å²) in [6.45, 7) is 19.4. The van der Waals surface area contributed by atoms with E-state index in [4.69, 9.17) is 11.4 Å². The van der Waals surface area contributed by atoms with Crippen molar-refractivity contribution < 1.29 is 0 Å². The average Bonchev–Trinajstić information content (AvgIpc) is 3.52. The maximum Gasteiger partial charge on any atom is 0.0711 e. The predicted molar refractivity (Wildman–Crippen MR) is 248 cm³/mol. The fourth-order valence-electron chi connectivity index (χ4n) is 8.87. The number of nitrogens with zero attached hydrogens (tertiary/aromatic N) is 1. The van der Waals surface area contributed by atoms with Crippen LogP contribution in [-0.2, 0) is 5.41 Å². The van der Waals surface area contributed by atoms with Crippen LogP contribution in [0.15, 0.2) is 178 Å². The number of terminal acetylenes is 1. The Kier molecular flexibility index (Phi) is 11.5. The second-order valence-electron chi connectivity index (χ2n) is 14.9. The molecule has 1 heterocycles. The van der Waals surface area contributed by atoms with Crippen LogP contribution in [0.2, 0.25) is 0 Å². The Morgan fingerprint density at radius 2 is 1.47 bits per heavy atom. The Morgan fingerprint density at radius 1 is 0.825 bits per heavy atom. The van der Waals surface area contributed by atoms with Crippen LogP contribution < -0.4 is 0 Å². The first-order chi connectivity index (χ1) is 27.7. The third-order valence-corrected chi connectivity index (χ3v) is 12.4. The Bertz CT molecular complexity index is 2570. The van der Waals surface area contributed by atoms with Gasteiger partial charge in [-0.1, -0.05) is 160 Å². The molecule has 1 nitrogen and oxygen atoms in total. The third-order valence-electron chi connectivity index (χ3n) is 11.3. The minimum absolute atomic E-state index is 0.374. The summed E-state index contributed by atoms with van der Waals surface area (Å²) in [5, 5.41) is 0. The lowest BCUT2D eigenvalue weighted by Gasteiger charge is -2.42. The van der Waals surface area contributed by atoms with Crippen LogP contribution in [0, 0.1) is 25.2 Å². The highest BCUT2D eigenvalue weighted by Crippen LogP contribution is 2.64. The molecule has 2 aliphatic carbocycles. The summed E-state index contributed by atoms with van der Waals surface area (Å²) >= 11 is 1.90. The second-order valence-corrected chi connectivity index (χ2v) is 16.0. The summed E-state index contributed by atoms with van der Waals surface area (Å²) in [5.74, 6) is 3.31. The van der Waals surface area contributed by atoms with Crippen LogP contribution in [-0.4, -0.2) is 5.71 Å². The fourth-order valence-corrected chi connectivity index (χ4v) is 10.1. The van der Waals surface area contributed by atoms with Crippen LogP contribution in [0.3, 0.4) is 0 Å². The summed E-state index contributed by atoms with van der Waals surface area (Å²) in [7, 11) is 0. The van der Waals surface area contributed by atoms with Gasteiger partial charge in [-0.3, -0.25) is 4.99 Å². The lowest BCUT2D eigenvalue weighted by atomic mass is 9.64. The van der Waals surface area contributed by atoms with Gasteiger partial charge >= 0.3 is 0 Å². The van der Waals surface area contributed by atoms with Crippen molar-refractivity contribution in [2.24, 2.45) is 10.9 Å². The van der Waals surface area contributed by atoms with Crippen molar-refractivity contribution in [2.75, 3.05) is 0 Å². The molecule has 1 aliphatic heterocycles. The first-order valence-electron chi connectivity index (χ1n) is 20.1. The quantitative estimate of drug-likeness (QED) is 0.0915. The molecule has 5 aromatic rings. The maximum absolute atomic E-state index is 5.89. The molecule has 3 aliphatic rings. The Morgan fingerprint density at radius 3 is 2.12 bits per heavy atom. The molecule has 282 valence electrons. The Labute approximate surface area is 345 Å². The first-order valence-corrected chi connectivity index (χ1v) is 20.9. The van der Waals surface area contributed by atoms with E-state index >= 15 is 0 Å². The smallest absolute Gasteiger partial charge is 0.0711 e. The lowest BCUT2D eigenvalue weighted by molar-refractivity contribution is 0.603. The molecule has 0 fully saturated rings. The zero-order valence-electron chi connectivity index (χ0n) is 34.3. The van der Waals surface area contributed by atoms with Gasteiger partial charge in [-0.05, 0) is 137 Å². The first kappa shape index (κ1) is 39.4. The number of hydrogen-bond acceptors (Lipinski definition) is 2. The molecule has 1 unspecified atom stereocenters. The average molecular weight is 758 g/mol. The molecular formula is C55H51NS. The summed E-state index contributed by atoms with van der Waals surface area (Å²) in [6.07, 6.45) is 17.4. The molecule has 8 rings (SSSR count). The molecule has 1 atom stereocenters. The summed E-state index contributed by atoms with van der Waals surface area (Å²) in [5.41, 5.74) is 18.3. The molecule has 0 saturated heterocycles. The van der Waals surface area contributed by atoms with Crippen LogP contribution in [0.5, 0.6) is 0 Å². The van der Waals surface area contributed by atoms with Crippen molar-refractivity contribution in [2.45, 2.75) is 70.1 Å². The van der Waals surface area contributed by atoms with E-state index in [1.54, 1.807) is 0 Å². The van der Waals surface area contributed by atoms with Gasteiger partial charge in [-0.15, -0.1) is 6.42 Å². The highest BCUT2D eigenvalue weighted by Gasteiger charge is 2.52. The lowest BCUT2D eigenvalue weighted by Crippen LogP contribution is -2.34. The molecule has 0 N–H and O–H groups in total. The molecule has 57 heavy (non-hydrogen) atoms. The molecule has 5 aromatic carbocycles. The Hall–Kier alpha value is -5.88. The second kappa shape index (κ2) is 16.7. The molecule has 2 heteroatoms. The van der Waals surface area contributed by atoms with Crippen LogP contribution >= 0.6 is 11.8 Å². The molecule has 0 radical (unpaired) electrons. The number of fused-ring (bicyclic) bond motifs is 8. The number of hydrogen-bond donors (Lipinski definition) is 0. The molecule has 1 spiro atoms. The number of allylic oxidation sites excluding steroid dienone is 10. The van der Waals surface area contributed by atoms with E-state index in [2.05, 4.69) is 162 Å². The van der Waals surface area contributed by atoms with Gasteiger partial charge in [0.15, 0.2) is 0 Å².